The lowest BCUT2D eigenvalue weighted by atomic mass is 9.99. The van der Waals surface area contributed by atoms with Crippen LogP contribution in [-0.2, 0) is 20.8 Å². The van der Waals surface area contributed by atoms with Gasteiger partial charge in [0, 0.05) is 37.4 Å². The van der Waals surface area contributed by atoms with Gasteiger partial charge in [-0.1, -0.05) is 13.8 Å². The molecule has 0 spiro atoms. The second-order valence-corrected chi connectivity index (χ2v) is 7.12. The number of carbonyl (C=O) groups excluding carboxylic acids is 3. The molecular weight excluding hydrogens is 360 g/mol. The molecule has 0 aliphatic heterocycles. The molecule has 0 saturated carbocycles. The van der Waals surface area contributed by atoms with Gasteiger partial charge in [-0.05, 0) is 40.2 Å². The van der Waals surface area contributed by atoms with Crippen LogP contribution in [0.5, 0.6) is 0 Å². The number of nitrogens with zero attached hydrogens (tertiary/aromatic N) is 2. The van der Waals surface area contributed by atoms with Crippen LogP contribution in [0.15, 0.2) is 0 Å². The number of rotatable bonds is 10. The van der Waals surface area contributed by atoms with E-state index in [4.69, 9.17) is 9.47 Å². The predicted octanol–water partition coefficient (Wildman–Crippen LogP) is 3.00. The SMILES string of the molecule is CCOC(=O)c1c(C)c(C(=O)C(C)N(CCOC)C(=O)C(C)C)c(C)n1CC. The molecule has 1 rings (SSSR count). The third kappa shape index (κ3) is 4.82. The van der Waals surface area contributed by atoms with Gasteiger partial charge in [0.1, 0.15) is 5.69 Å². The molecule has 1 amide bonds. The third-order valence-corrected chi connectivity index (χ3v) is 4.96. The standard InChI is InChI=1S/C21H34N2O5/c1-9-22-15(6)17(14(5)18(22)21(26)28-10-2)19(24)16(7)23(11-12-27-8)20(25)13(3)4/h13,16H,9-12H2,1-8H3. The van der Waals surface area contributed by atoms with Gasteiger partial charge in [0.15, 0.2) is 5.78 Å². The lowest BCUT2D eigenvalue weighted by Gasteiger charge is -2.30. The first-order valence-corrected chi connectivity index (χ1v) is 9.84. The topological polar surface area (TPSA) is 77.8 Å². The van der Waals surface area contributed by atoms with Crippen LogP contribution in [0.3, 0.4) is 0 Å². The molecule has 0 aliphatic rings. The van der Waals surface area contributed by atoms with E-state index in [0.717, 1.165) is 0 Å². The Morgan fingerprint density at radius 3 is 2.18 bits per heavy atom. The van der Waals surface area contributed by atoms with Crippen LogP contribution < -0.4 is 0 Å². The zero-order chi connectivity index (χ0) is 21.6. The highest BCUT2D eigenvalue weighted by molar-refractivity contribution is 6.06. The smallest absolute Gasteiger partial charge is 0.355 e. The Hall–Kier alpha value is -2.15. The van der Waals surface area contributed by atoms with E-state index in [0.29, 0.717) is 42.2 Å². The number of hydrogen-bond acceptors (Lipinski definition) is 5. The molecular formula is C21H34N2O5. The van der Waals surface area contributed by atoms with Crippen LogP contribution >= 0.6 is 0 Å². The summed E-state index contributed by atoms with van der Waals surface area (Å²) >= 11 is 0. The number of ketones is 1. The molecule has 7 nitrogen and oxygen atoms in total. The Bertz CT molecular complexity index is 721. The van der Waals surface area contributed by atoms with Crippen molar-refractivity contribution in [2.45, 2.75) is 61.1 Å². The Kier molecular flexibility index (Phi) is 8.88. The van der Waals surface area contributed by atoms with Gasteiger partial charge in [-0.25, -0.2) is 4.79 Å². The molecule has 1 atom stereocenters. The molecule has 0 fully saturated rings. The van der Waals surface area contributed by atoms with Gasteiger partial charge in [-0.15, -0.1) is 0 Å². The third-order valence-electron chi connectivity index (χ3n) is 4.96. The predicted molar refractivity (Wildman–Crippen MR) is 108 cm³/mol. The van der Waals surface area contributed by atoms with Crippen molar-refractivity contribution in [3.8, 4) is 0 Å². The monoisotopic (exact) mass is 394 g/mol. The van der Waals surface area contributed by atoms with Crippen LogP contribution in [0.2, 0.25) is 0 Å². The summed E-state index contributed by atoms with van der Waals surface area (Å²) in [5.74, 6) is -0.956. The van der Waals surface area contributed by atoms with Crippen molar-refractivity contribution >= 4 is 17.7 Å². The highest BCUT2D eigenvalue weighted by Crippen LogP contribution is 2.26. The van der Waals surface area contributed by atoms with Crippen molar-refractivity contribution in [2.75, 3.05) is 26.9 Å². The fourth-order valence-electron chi connectivity index (χ4n) is 3.48. The average molecular weight is 395 g/mol. The molecule has 158 valence electrons. The van der Waals surface area contributed by atoms with E-state index in [1.165, 1.54) is 0 Å². The molecule has 0 radical (unpaired) electrons. The summed E-state index contributed by atoms with van der Waals surface area (Å²) in [6.07, 6.45) is 0. The quantitative estimate of drug-likeness (QED) is 0.450. The van der Waals surface area contributed by atoms with Gasteiger partial charge in [0.2, 0.25) is 5.91 Å². The summed E-state index contributed by atoms with van der Waals surface area (Å²) in [7, 11) is 1.56. The number of hydrogen-bond donors (Lipinski definition) is 0. The maximum absolute atomic E-state index is 13.4. The van der Waals surface area contributed by atoms with Crippen LogP contribution in [0.1, 0.15) is 66.7 Å². The van der Waals surface area contributed by atoms with Gasteiger partial charge in [0.25, 0.3) is 0 Å². The highest BCUT2D eigenvalue weighted by atomic mass is 16.5. The molecule has 1 aromatic rings. The summed E-state index contributed by atoms with van der Waals surface area (Å²) in [6.45, 7) is 14.1. The number of amides is 1. The van der Waals surface area contributed by atoms with Crippen LogP contribution in [0, 0.1) is 19.8 Å². The molecule has 0 aliphatic carbocycles. The Balaban J connectivity index is 3.39. The number of carbonyl (C=O) groups is 3. The molecule has 1 heterocycles. The minimum absolute atomic E-state index is 0.103. The van der Waals surface area contributed by atoms with Gasteiger partial charge in [0.05, 0.1) is 19.3 Å². The van der Waals surface area contributed by atoms with Gasteiger partial charge in [-0.3, -0.25) is 9.59 Å². The van der Waals surface area contributed by atoms with Crippen LogP contribution in [-0.4, -0.2) is 60.0 Å². The van der Waals surface area contributed by atoms with E-state index in [2.05, 4.69) is 0 Å². The molecule has 0 N–H and O–H groups in total. The van der Waals surface area contributed by atoms with Crippen molar-refractivity contribution in [3.63, 3.8) is 0 Å². The van der Waals surface area contributed by atoms with E-state index in [9.17, 15) is 14.4 Å². The summed E-state index contributed by atoms with van der Waals surface area (Å²) in [5.41, 5.74) is 2.19. The minimum atomic E-state index is -0.662. The number of esters is 1. The van der Waals surface area contributed by atoms with Crippen LogP contribution in [0.4, 0.5) is 0 Å². The largest absolute Gasteiger partial charge is 0.461 e. The molecule has 0 bridgehead atoms. The Labute approximate surface area is 168 Å². The molecule has 0 saturated heterocycles. The molecule has 1 aromatic heterocycles. The molecule has 1 unspecified atom stereocenters. The van der Waals surface area contributed by atoms with E-state index in [1.807, 2.05) is 27.7 Å². The number of Topliss-reactive ketones (excluding diaryl/α,β-unsaturated/α-hetero) is 1. The van der Waals surface area contributed by atoms with Gasteiger partial charge in [-0.2, -0.15) is 0 Å². The van der Waals surface area contributed by atoms with Gasteiger partial charge < -0.3 is 18.9 Å². The Morgan fingerprint density at radius 1 is 1.11 bits per heavy atom. The molecule has 7 heteroatoms. The van der Waals surface area contributed by atoms with Gasteiger partial charge >= 0.3 is 5.97 Å². The second kappa shape index (κ2) is 10.4. The maximum Gasteiger partial charge on any atom is 0.355 e. The van der Waals surface area contributed by atoms with Crippen molar-refractivity contribution < 1.29 is 23.9 Å². The van der Waals surface area contributed by atoms with E-state index >= 15 is 0 Å². The van der Waals surface area contributed by atoms with E-state index in [-0.39, 0.29) is 24.2 Å². The first kappa shape index (κ1) is 23.9. The Morgan fingerprint density at radius 2 is 1.71 bits per heavy atom. The van der Waals surface area contributed by atoms with Crippen molar-refractivity contribution in [1.82, 2.24) is 9.47 Å². The lowest BCUT2D eigenvalue weighted by Crippen LogP contribution is -2.47. The van der Waals surface area contributed by atoms with Crippen molar-refractivity contribution in [1.29, 1.82) is 0 Å². The summed E-state index contributed by atoms with van der Waals surface area (Å²) < 4.78 is 12.1. The fraction of sp³-hybridized carbons (Fsp3) is 0.667. The van der Waals surface area contributed by atoms with E-state index in [1.54, 1.807) is 37.3 Å². The normalized spacial score (nSPS) is 12.2. The number of methoxy groups -OCH3 is 1. The molecule has 0 aromatic carbocycles. The van der Waals surface area contributed by atoms with Crippen LogP contribution in [0.25, 0.3) is 0 Å². The number of ether oxygens (including phenoxy) is 2. The fourth-order valence-corrected chi connectivity index (χ4v) is 3.48. The summed E-state index contributed by atoms with van der Waals surface area (Å²) in [4.78, 5) is 40.0. The average Bonchev–Trinajstić information content (AvgIpc) is 2.90. The first-order chi connectivity index (χ1) is 13.1. The van der Waals surface area contributed by atoms with Crippen molar-refractivity contribution in [2.24, 2.45) is 5.92 Å². The zero-order valence-corrected chi connectivity index (χ0v) is 18.4. The highest BCUT2D eigenvalue weighted by Gasteiger charge is 2.33. The lowest BCUT2D eigenvalue weighted by molar-refractivity contribution is -0.136. The minimum Gasteiger partial charge on any atom is -0.461 e. The summed E-state index contributed by atoms with van der Waals surface area (Å²) in [6, 6.07) is -0.662. The van der Waals surface area contributed by atoms with E-state index < -0.39 is 12.0 Å². The summed E-state index contributed by atoms with van der Waals surface area (Å²) in [5, 5.41) is 0. The first-order valence-electron chi connectivity index (χ1n) is 9.84. The second-order valence-electron chi connectivity index (χ2n) is 7.12. The molecule has 28 heavy (non-hydrogen) atoms. The number of aromatic nitrogens is 1. The van der Waals surface area contributed by atoms with Crippen molar-refractivity contribution in [3.05, 3.63) is 22.5 Å². The maximum atomic E-state index is 13.4. The zero-order valence-electron chi connectivity index (χ0n) is 18.4.